The minimum absolute atomic E-state index is 0. The van der Waals surface area contributed by atoms with Gasteiger partial charge in [0.1, 0.15) is 5.01 Å². The van der Waals surface area contributed by atoms with E-state index in [1.807, 2.05) is 26.2 Å². The predicted molar refractivity (Wildman–Crippen MR) is 136 cm³/mol. The smallest absolute Gasteiger partial charge is 0.335 e. The fraction of sp³-hybridized carbons (Fsp3) is 0.160. The molecule has 0 aliphatic carbocycles. The molecule has 0 atom stereocenters. The van der Waals surface area contributed by atoms with Crippen molar-refractivity contribution in [2.75, 3.05) is 19.0 Å². The van der Waals surface area contributed by atoms with Crippen molar-refractivity contribution in [3.8, 4) is 11.1 Å². The molecule has 0 aliphatic heterocycles. The summed E-state index contributed by atoms with van der Waals surface area (Å²) in [5.41, 5.74) is 5.20. The van der Waals surface area contributed by atoms with Crippen molar-refractivity contribution in [3.05, 3.63) is 82.9 Å². The lowest BCUT2D eigenvalue weighted by atomic mass is 10.0. The number of anilines is 1. The first-order valence-electron chi connectivity index (χ1n) is 10.2. The molecule has 4 rings (SSSR count). The minimum atomic E-state index is -0.986. The Labute approximate surface area is 202 Å². The third kappa shape index (κ3) is 5.88. The molecule has 0 unspecified atom stereocenters. The third-order valence-corrected chi connectivity index (χ3v) is 6.12. The zero-order valence-corrected chi connectivity index (χ0v) is 19.9. The third-order valence-electron chi connectivity index (χ3n) is 5.10. The minimum Gasteiger partial charge on any atom is -0.478 e. The maximum atomic E-state index is 12.4. The maximum Gasteiger partial charge on any atom is 0.335 e. The summed E-state index contributed by atoms with van der Waals surface area (Å²) in [7, 11) is 4.04. The van der Waals surface area contributed by atoms with E-state index >= 15 is 0 Å². The molecule has 1 heterocycles. The zero-order chi connectivity index (χ0) is 22.7. The number of halogens is 1. The molecule has 0 spiro atoms. The number of benzene rings is 3. The summed E-state index contributed by atoms with van der Waals surface area (Å²) < 4.78 is 1.04. The van der Waals surface area contributed by atoms with E-state index in [0.717, 1.165) is 37.6 Å². The number of hydrogen-bond acceptors (Lipinski definition) is 5. The number of hydrogen-bond donors (Lipinski definition) is 2. The lowest BCUT2D eigenvalue weighted by Crippen LogP contribution is -2.24. The summed E-state index contributed by atoms with van der Waals surface area (Å²) in [4.78, 5) is 30.2. The average Bonchev–Trinajstić information content (AvgIpc) is 3.19. The average molecular weight is 482 g/mol. The number of aromatic nitrogens is 1. The molecule has 1 aromatic heterocycles. The highest BCUT2D eigenvalue weighted by molar-refractivity contribution is 7.18. The fourth-order valence-electron chi connectivity index (χ4n) is 3.41. The molecule has 2 N–H and O–H groups in total. The van der Waals surface area contributed by atoms with Gasteiger partial charge in [0.25, 0.3) is 0 Å². The first-order chi connectivity index (χ1) is 15.4. The van der Waals surface area contributed by atoms with E-state index in [0.29, 0.717) is 0 Å². The Hall–Kier alpha value is -3.42. The quantitative estimate of drug-likeness (QED) is 0.388. The van der Waals surface area contributed by atoms with Crippen molar-refractivity contribution >= 4 is 51.5 Å². The zero-order valence-electron chi connectivity index (χ0n) is 18.2. The van der Waals surface area contributed by atoms with E-state index in [2.05, 4.69) is 45.5 Å². The molecule has 1 amide bonds. The SMILES string of the molecule is CN(C)c1cccc(-c2ccc3nc(CC(=O)NCc4cccc(C(=O)O)c4)sc3c2)c1.Cl. The molecule has 0 aliphatic rings. The van der Waals surface area contributed by atoms with Crippen LogP contribution in [0.1, 0.15) is 20.9 Å². The Morgan fingerprint density at radius 2 is 1.76 bits per heavy atom. The molecule has 0 saturated carbocycles. The number of carboxylic acid groups (broad SMARTS) is 1. The number of carbonyl (C=O) groups excluding carboxylic acids is 1. The first-order valence-corrected chi connectivity index (χ1v) is 11.0. The molecular weight excluding hydrogens is 458 g/mol. The standard InChI is InChI=1S/C25H23N3O3S.ClH/c1-28(2)20-8-4-6-17(12-20)18-9-10-21-22(13-18)32-24(27-21)14-23(29)26-15-16-5-3-7-19(11-16)25(30)31;/h3-13H,14-15H2,1-2H3,(H,26,29)(H,30,31);1H. The lowest BCUT2D eigenvalue weighted by molar-refractivity contribution is -0.120. The number of carboxylic acids is 1. The maximum absolute atomic E-state index is 12.4. The number of nitrogens with one attached hydrogen (secondary N) is 1. The predicted octanol–water partition coefficient (Wildman–Crippen LogP) is 5.01. The summed E-state index contributed by atoms with van der Waals surface area (Å²) in [6.45, 7) is 0.275. The van der Waals surface area contributed by atoms with Crippen molar-refractivity contribution < 1.29 is 14.7 Å². The van der Waals surface area contributed by atoms with Gasteiger partial charge in [-0.3, -0.25) is 4.79 Å². The first kappa shape index (κ1) is 24.2. The topological polar surface area (TPSA) is 82.5 Å². The molecule has 0 bridgehead atoms. The van der Waals surface area contributed by atoms with Crippen molar-refractivity contribution in [2.45, 2.75) is 13.0 Å². The highest BCUT2D eigenvalue weighted by Crippen LogP contribution is 2.30. The van der Waals surface area contributed by atoms with Crippen LogP contribution in [-0.4, -0.2) is 36.1 Å². The largest absolute Gasteiger partial charge is 0.478 e. The molecular formula is C25H24ClN3O3S. The Morgan fingerprint density at radius 1 is 1.00 bits per heavy atom. The number of amides is 1. The monoisotopic (exact) mass is 481 g/mol. The molecule has 170 valence electrons. The van der Waals surface area contributed by atoms with Crippen LogP contribution in [0.5, 0.6) is 0 Å². The van der Waals surface area contributed by atoms with Crippen molar-refractivity contribution in [1.82, 2.24) is 10.3 Å². The van der Waals surface area contributed by atoms with Crippen LogP contribution in [0.15, 0.2) is 66.7 Å². The normalized spacial score (nSPS) is 10.5. The second-order valence-corrected chi connectivity index (χ2v) is 8.81. The van der Waals surface area contributed by atoms with E-state index < -0.39 is 5.97 Å². The second kappa shape index (κ2) is 10.5. The van der Waals surface area contributed by atoms with Gasteiger partial charge >= 0.3 is 5.97 Å². The molecule has 6 nitrogen and oxygen atoms in total. The van der Waals surface area contributed by atoms with Crippen LogP contribution in [-0.2, 0) is 17.8 Å². The van der Waals surface area contributed by atoms with Crippen LogP contribution < -0.4 is 10.2 Å². The number of aromatic carboxylic acids is 1. The molecule has 0 radical (unpaired) electrons. The van der Waals surface area contributed by atoms with Gasteiger partial charge in [-0.1, -0.05) is 30.3 Å². The van der Waals surface area contributed by atoms with Gasteiger partial charge in [-0.2, -0.15) is 0 Å². The lowest BCUT2D eigenvalue weighted by Gasteiger charge is -2.13. The summed E-state index contributed by atoms with van der Waals surface area (Å²) in [5.74, 6) is -1.14. The summed E-state index contributed by atoms with van der Waals surface area (Å²) in [6, 6.07) is 21.1. The van der Waals surface area contributed by atoms with E-state index in [4.69, 9.17) is 5.11 Å². The summed E-state index contributed by atoms with van der Waals surface area (Å²) in [6.07, 6.45) is 0.184. The molecule has 0 fully saturated rings. The van der Waals surface area contributed by atoms with Gasteiger partial charge in [0.15, 0.2) is 0 Å². The van der Waals surface area contributed by atoms with Crippen LogP contribution in [0.4, 0.5) is 5.69 Å². The van der Waals surface area contributed by atoms with Gasteiger partial charge in [-0.05, 0) is 53.1 Å². The van der Waals surface area contributed by atoms with Gasteiger partial charge in [-0.15, -0.1) is 23.7 Å². The molecule has 3 aromatic carbocycles. The van der Waals surface area contributed by atoms with Crippen LogP contribution >= 0.6 is 23.7 Å². The Bertz CT molecular complexity index is 1300. The van der Waals surface area contributed by atoms with Gasteiger partial charge < -0.3 is 15.3 Å². The number of carbonyl (C=O) groups is 2. The number of nitrogens with zero attached hydrogens (tertiary/aromatic N) is 2. The van der Waals surface area contributed by atoms with E-state index in [1.54, 1.807) is 18.2 Å². The van der Waals surface area contributed by atoms with E-state index in [9.17, 15) is 9.59 Å². The van der Waals surface area contributed by atoms with Gasteiger partial charge in [0.2, 0.25) is 5.91 Å². The molecule has 8 heteroatoms. The fourth-order valence-corrected chi connectivity index (χ4v) is 4.41. The van der Waals surface area contributed by atoms with E-state index in [1.165, 1.54) is 17.4 Å². The molecule has 0 saturated heterocycles. The van der Waals surface area contributed by atoms with Crippen LogP contribution in [0, 0.1) is 0 Å². The summed E-state index contributed by atoms with van der Waals surface area (Å²) >= 11 is 1.51. The highest BCUT2D eigenvalue weighted by Gasteiger charge is 2.11. The Kier molecular flexibility index (Phi) is 7.68. The highest BCUT2D eigenvalue weighted by atomic mass is 35.5. The van der Waals surface area contributed by atoms with Gasteiger partial charge in [0, 0.05) is 26.3 Å². The van der Waals surface area contributed by atoms with Crippen molar-refractivity contribution in [2.24, 2.45) is 0 Å². The Morgan fingerprint density at radius 3 is 2.52 bits per heavy atom. The van der Waals surface area contributed by atoms with Gasteiger partial charge in [0.05, 0.1) is 22.2 Å². The summed E-state index contributed by atoms with van der Waals surface area (Å²) in [5, 5.41) is 12.7. The van der Waals surface area contributed by atoms with Crippen LogP contribution in [0.3, 0.4) is 0 Å². The number of thiazole rings is 1. The second-order valence-electron chi connectivity index (χ2n) is 7.69. The van der Waals surface area contributed by atoms with E-state index in [-0.39, 0.29) is 36.8 Å². The van der Waals surface area contributed by atoms with Crippen LogP contribution in [0.2, 0.25) is 0 Å². The molecule has 33 heavy (non-hydrogen) atoms. The Balaban J connectivity index is 0.00000306. The van der Waals surface area contributed by atoms with Gasteiger partial charge in [-0.25, -0.2) is 9.78 Å². The number of rotatable bonds is 7. The molecule has 4 aromatic rings. The van der Waals surface area contributed by atoms with Crippen LogP contribution in [0.25, 0.3) is 21.3 Å². The number of fused-ring (bicyclic) bond motifs is 1. The van der Waals surface area contributed by atoms with Crippen molar-refractivity contribution in [3.63, 3.8) is 0 Å². The van der Waals surface area contributed by atoms with Crippen molar-refractivity contribution in [1.29, 1.82) is 0 Å².